The van der Waals surface area contributed by atoms with Gasteiger partial charge in [-0.15, -0.1) is 0 Å². The van der Waals surface area contributed by atoms with Crippen LogP contribution in [0.15, 0.2) is 12.1 Å². The van der Waals surface area contributed by atoms with Gasteiger partial charge in [0.2, 0.25) is 0 Å². The molecule has 1 aliphatic rings. The maximum Gasteiger partial charge on any atom is 0.165 e. The van der Waals surface area contributed by atoms with Crippen molar-refractivity contribution in [2.45, 2.75) is 19.8 Å². The highest BCUT2D eigenvalue weighted by molar-refractivity contribution is 5.62. The van der Waals surface area contributed by atoms with E-state index >= 15 is 0 Å². The van der Waals surface area contributed by atoms with Crippen molar-refractivity contribution in [1.29, 1.82) is 0 Å². The van der Waals surface area contributed by atoms with E-state index in [9.17, 15) is 0 Å². The Hall–Kier alpha value is -1.62. The third-order valence-electron chi connectivity index (χ3n) is 2.80. The molecular formula is C14H21NO4. The molecule has 1 heterocycles. The predicted molar refractivity (Wildman–Crippen MR) is 73.1 cm³/mol. The molecule has 106 valence electrons. The zero-order valence-electron chi connectivity index (χ0n) is 11.3. The SMILES string of the molecule is CCCCOCCOc1cc2c(cc1N)OCCO2. The highest BCUT2D eigenvalue weighted by Gasteiger charge is 2.15. The van der Waals surface area contributed by atoms with Gasteiger partial charge in [0.25, 0.3) is 0 Å². The second kappa shape index (κ2) is 7.09. The minimum Gasteiger partial charge on any atom is -0.489 e. The zero-order chi connectivity index (χ0) is 13.5. The molecule has 0 bridgehead atoms. The third kappa shape index (κ3) is 3.92. The summed E-state index contributed by atoms with van der Waals surface area (Å²) in [4.78, 5) is 0. The monoisotopic (exact) mass is 267 g/mol. The Morgan fingerprint density at radius 3 is 2.58 bits per heavy atom. The Kier molecular flexibility index (Phi) is 5.15. The molecule has 2 rings (SSSR count). The van der Waals surface area contributed by atoms with Gasteiger partial charge in [0, 0.05) is 18.7 Å². The van der Waals surface area contributed by atoms with Crippen molar-refractivity contribution in [3.05, 3.63) is 12.1 Å². The Bertz CT molecular complexity index is 409. The second-order valence-corrected chi connectivity index (χ2v) is 4.35. The Balaban J connectivity index is 1.83. The van der Waals surface area contributed by atoms with Gasteiger partial charge in [-0.25, -0.2) is 0 Å². The van der Waals surface area contributed by atoms with Gasteiger partial charge in [-0.05, 0) is 6.42 Å². The molecule has 1 aliphatic heterocycles. The van der Waals surface area contributed by atoms with Gasteiger partial charge >= 0.3 is 0 Å². The Labute approximate surface area is 113 Å². The van der Waals surface area contributed by atoms with Crippen LogP contribution in [0.1, 0.15) is 19.8 Å². The molecule has 19 heavy (non-hydrogen) atoms. The molecule has 0 radical (unpaired) electrons. The molecule has 0 aliphatic carbocycles. The molecule has 0 unspecified atom stereocenters. The first-order chi connectivity index (χ1) is 9.31. The molecule has 2 N–H and O–H groups in total. The van der Waals surface area contributed by atoms with Gasteiger partial charge in [0.15, 0.2) is 11.5 Å². The molecule has 5 nitrogen and oxygen atoms in total. The molecule has 1 aromatic carbocycles. The maximum absolute atomic E-state index is 5.91. The van der Waals surface area contributed by atoms with Gasteiger partial charge in [0.1, 0.15) is 25.6 Å². The van der Waals surface area contributed by atoms with E-state index in [1.807, 2.05) is 0 Å². The van der Waals surface area contributed by atoms with Gasteiger partial charge in [0.05, 0.1) is 12.3 Å². The number of unbranched alkanes of at least 4 members (excludes halogenated alkanes) is 1. The fraction of sp³-hybridized carbons (Fsp3) is 0.571. The van der Waals surface area contributed by atoms with Gasteiger partial charge in [-0.3, -0.25) is 0 Å². The van der Waals surface area contributed by atoms with Crippen molar-refractivity contribution in [2.75, 3.05) is 38.8 Å². The molecule has 0 aromatic heterocycles. The van der Waals surface area contributed by atoms with E-state index < -0.39 is 0 Å². The van der Waals surface area contributed by atoms with Crippen LogP contribution in [0.25, 0.3) is 0 Å². The first-order valence-corrected chi connectivity index (χ1v) is 6.71. The number of hydrogen-bond donors (Lipinski definition) is 1. The van der Waals surface area contributed by atoms with Gasteiger partial charge in [-0.2, -0.15) is 0 Å². The van der Waals surface area contributed by atoms with Crippen molar-refractivity contribution >= 4 is 5.69 Å². The van der Waals surface area contributed by atoms with Crippen LogP contribution in [0.4, 0.5) is 5.69 Å². The molecule has 0 amide bonds. The molecular weight excluding hydrogens is 246 g/mol. The van der Waals surface area contributed by atoms with Crippen LogP contribution in [-0.2, 0) is 4.74 Å². The van der Waals surface area contributed by atoms with Crippen LogP contribution < -0.4 is 19.9 Å². The third-order valence-corrected chi connectivity index (χ3v) is 2.80. The van der Waals surface area contributed by atoms with Crippen LogP contribution in [-0.4, -0.2) is 33.0 Å². The van der Waals surface area contributed by atoms with Gasteiger partial charge in [-0.1, -0.05) is 13.3 Å². The first-order valence-electron chi connectivity index (χ1n) is 6.71. The number of rotatable bonds is 7. The summed E-state index contributed by atoms with van der Waals surface area (Å²) in [5, 5.41) is 0. The zero-order valence-corrected chi connectivity index (χ0v) is 11.3. The average molecular weight is 267 g/mol. The lowest BCUT2D eigenvalue weighted by molar-refractivity contribution is 0.0979. The maximum atomic E-state index is 5.91. The second-order valence-electron chi connectivity index (χ2n) is 4.35. The summed E-state index contributed by atoms with van der Waals surface area (Å²) in [5.41, 5.74) is 6.46. The lowest BCUT2D eigenvalue weighted by Crippen LogP contribution is -2.16. The molecule has 1 aromatic rings. The number of benzene rings is 1. The quantitative estimate of drug-likeness (QED) is 0.606. The number of anilines is 1. The van der Waals surface area contributed by atoms with Crippen molar-refractivity contribution in [3.8, 4) is 17.2 Å². The van der Waals surface area contributed by atoms with E-state index in [0.717, 1.165) is 19.4 Å². The van der Waals surface area contributed by atoms with Crippen LogP contribution in [0.3, 0.4) is 0 Å². The topological polar surface area (TPSA) is 62.9 Å². The number of hydrogen-bond acceptors (Lipinski definition) is 5. The lowest BCUT2D eigenvalue weighted by atomic mass is 10.2. The lowest BCUT2D eigenvalue weighted by Gasteiger charge is -2.20. The number of nitrogen functional groups attached to an aromatic ring is 1. The van der Waals surface area contributed by atoms with Crippen LogP contribution in [0.5, 0.6) is 17.2 Å². The van der Waals surface area contributed by atoms with E-state index in [1.165, 1.54) is 0 Å². The Morgan fingerprint density at radius 1 is 1.11 bits per heavy atom. The molecule has 5 heteroatoms. The molecule has 0 atom stereocenters. The molecule has 0 spiro atoms. The van der Waals surface area contributed by atoms with Crippen LogP contribution >= 0.6 is 0 Å². The molecule has 0 fully saturated rings. The summed E-state index contributed by atoms with van der Waals surface area (Å²) in [6.45, 7) is 5.06. The number of fused-ring (bicyclic) bond motifs is 1. The fourth-order valence-corrected chi connectivity index (χ4v) is 1.77. The van der Waals surface area contributed by atoms with E-state index in [1.54, 1.807) is 12.1 Å². The van der Waals surface area contributed by atoms with Crippen LogP contribution in [0.2, 0.25) is 0 Å². The highest BCUT2D eigenvalue weighted by atomic mass is 16.6. The highest BCUT2D eigenvalue weighted by Crippen LogP contribution is 2.38. The largest absolute Gasteiger partial charge is 0.489 e. The number of ether oxygens (including phenoxy) is 4. The fourth-order valence-electron chi connectivity index (χ4n) is 1.77. The van der Waals surface area contributed by atoms with Crippen molar-refractivity contribution < 1.29 is 18.9 Å². The first kappa shape index (κ1) is 13.8. The summed E-state index contributed by atoms with van der Waals surface area (Å²) in [5.74, 6) is 1.97. The minimum absolute atomic E-state index is 0.480. The molecule has 0 saturated heterocycles. The van der Waals surface area contributed by atoms with Crippen molar-refractivity contribution in [3.63, 3.8) is 0 Å². The molecule has 0 saturated carbocycles. The van der Waals surface area contributed by atoms with E-state index in [0.29, 0.717) is 49.4 Å². The predicted octanol–water partition coefficient (Wildman–Crippen LogP) is 2.24. The van der Waals surface area contributed by atoms with E-state index in [4.69, 9.17) is 24.7 Å². The summed E-state index contributed by atoms with van der Waals surface area (Å²) in [7, 11) is 0. The summed E-state index contributed by atoms with van der Waals surface area (Å²) in [6, 6.07) is 3.51. The smallest absolute Gasteiger partial charge is 0.165 e. The normalized spacial score (nSPS) is 13.3. The average Bonchev–Trinajstić information content (AvgIpc) is 2.43. The van der Waals surface area contributed by atoms with Crippen LogP contribution in [0, 0.1) is 0 Å². The van der Waals surface area contributed by atoms with E-state index in [2.05, 4.69) is 6.92 Å². The standard InChI is InChI=1S/C14H21NO4/c1-2-3-4-16-5-6-17-12-10-14-13(9-11(12)15)18-7-8-19-14/h9-10H,2-8,15H2,1H3. The minimum atomic E-state index is 0.480. The summed E-state index contributed by atoms with van der Waals surface area (Å²) in [6.07, 6.45) is 2.21. The Morgan fingerprint density at radius 2 is 1.84 bits per heavy atom. The van der Waals surface area contributed by atoms with E-state index in [-0.39, 0.29) is 0 Å². The van der Waals surface area contributed by atoms with Gasteiger partial charge < -0.3 is 24.7 Å². The summed E-state index contributed by atoms with van der Waals surface area (Å²) < 4.78 is 22.0. The summed E-state index contributed by atoms with van der Waals surface area (Å²) >= 11 is 0. The number of nitrogens with two attached hydrogens (primary N) is 1. The van der Waals surface area contributed by atoms with Crippen molar-refractivity contribution in [2.24, 2.45) is 0 Å². The van der Waals surface area contributed by atoms with Crippen molar-refractivity contribution in [1.82, 2.24) is 0 Å².